The van der Waals surface area contributed by atoms with Crippen LogP contribution in [0.15, 0.2) is 42.6 Å². The van der Waals surface area contributed by atoms with Gasteiger partial charge < -0.3 is 10.1 Å². The third kappa shape index (κ3) is 5.83. The maximum atomic E-state index is 13.4. The fourth-order valence-corrected chi connectivity index (χ4v) is 3.44. The summed E-state index contributed by atoms with van der Waals surface area (Å²) < 4.78 is 46.0. The molecule has 0 spiro atoms. The molecular weight excluding hydrogens is 407 g/mol. The van der Waals surface area contributed by atoms with Crippen LogP contribution in [0, 0.1) is 0 Å². The first kappa shape index (κ1) is 21.4. The molecule has 1 aromatic heterocycles. The van der Waals surface area contributed by atoms with E-state index in [9.17, 15) is 18.0 Å². The van der Waals surface area contributed by atoms with Gasteiger partial charge in [-0.15, -0.1) is 0 Å². The molecule has 3 rings (SSSR count). The molecule has 1 amide bonds. The summed E-state index contributed by atoms with van der Waals surface area (Å²) in [5.41, 5.74) is 0.637. The molecule has 1 aliphatic rings. The normalized spacial score (nSPS) is 18.3. The van der Waals surface area contributed by atoms with Crippen LogP contribution in [-0.4, -0.2) is 41.2 Å². The van der Waals surface area contributed by atoms with E-state index in [4.69, 9.17) is 16.3 Å². The molecule has 1 N–H and O–H groups in total. The van der Waals surface area contributed by atoms with Gasteiger partial charge in [0.1, 0.15) is 11.9 Å². The van der Waals surface area contributed by atoms with Crippen LogP contribution in [0.3, 0.4) is 0 Å². The number of carbonyl (C=O) groups excluding carboxylic acids is 1. The number of hydrogen-bond donors (Lipinski definition) is 1. The lowest BCUT2D eigenvalue weighted by molar-refractivity contribution is -0.164. The highest BCUT2D eigenvalue weighted by Gasteiger charge is 2.42. The van der Waals surface area contributed by atoms with Crippen molar-refractivity contribution in [1.29, 1.82) is 0 Å². The molecule has 5 nitrogen and oxygen atoms in total. The van der Waals surface area contributed by atoms with E-state index in [-0.39, 0.29) is 24.8 Å². The first-order valence-electron chi connectivity index (χ1n) is 9.17. The lowest BCUT2D eigenvalue weighted by Gasteiger charge is -2.24. The quantitative estimate of drug-likeness (QED) is 0.779. The summed E-state index contributed by atoms with van der Waals surface area (Å²) in [4.78, 5) is 18.0. The van der Waals surface area contributed by atoms with Gasteiger partial charge in [-0.1, -0.05) is 17.7 Å². The maximum Gasteiger partial charge on any atom is 0.414 e. The number of hydrogen-bond acceptors (Lipinski definition) is 4. The Morgan fingerprint density at radius 3 is 2.86 bits per heavy atom. The lowest BCUT2D eigenvalue weighted by Crippen LogP contribution is -2.40. The van der Waals surface area contributed by atoms with Crippen LogP contribution in [0.4, 0.5) is 13.2 Å². The molecule has 0 saturated carbocycles. The van der Waals surface area contributed by atoms with Crippen molar-refractivity contribution >= 4 is 17.5 Å². The number of carbonyl (C=O) groups is 1. The molecule has 2 atom stereocenters. The second-order valence-electron chi connectivity index (χ2n) is 6.96. The number of nitrogens with one attached hydrogen (secondary N) is 1. The summed E-state index contributed by atoms with van der Waals surface area (Å²) >= 11 is 6.05. The fraction of sp³-hybridized carbons (Fsp3) is 0.400. The Morgan fingerprint density at radius 1 is 1.38 bits per heavy atom. The zero-order chi connectivity index (χ0) is 21.0. The number of amides is 1. The van der Waals surface area contributed by atoms with Gasteiger partial charge in [-0.3, -0.25) is 14.7 Å². The molecule has 9 heteroatoms. The van der Waals surface area contributed by atoms with Gasteiger partial charge in [0, 0.05) is 42.8 Å². The van der Waals surface area contributed by atoms with Gasteiger partial charge in [-0.2, -0.15) is 13.2 Å². The van der Waals surface area contributed by atoms with E-state index < -0.39 is 18.1 Å². The van der Waals surface area contributed by atoms with Gasteiger partial charge in [0.15, 0.2) is 6.04 Å². The van der Waals surface area contributed by atoms with E-state index in [0.29, 0.717) is 18.1 Å². The number of fused-ring (bicyclic) bond motifs is 1. The van der Waals surface area contributed by atoms with Gasteiger partial charge in [0.25, 0.3) is 0 Å². The first-order valence-corrected chi connectivity index (χ1v) is 9.54. The Kier molecular flexibility index (Phi) is 6.64. The SMILES string of the molecule is C[C@@H]1CN(CCC(=O)N[C@H](c2ccccn2)C(F)(F)F)Cc2cc(Cl)ccc2O1. The second kappa shape index (κ2) is 9.00. The topological polar surface area (TPSA) is 54.5 Å². The van der Waals surface area contributed by atoms with Crippen molar-refractivity contribution in [2.45, 2.75) is 38.2 Å². The van der Waals surface area contributed by atoms with Crippen LogP contribution in [-0.2, 0) is 11.3 Å². The van der Waals surface area contributed by atoms with Gasteiger partial charge in [-0.05, 0) is 37.3 Å². The Labute approximate surface area is 171 Å². The van der Waals surface area contributed by atoms with Crippen molar-refractivity contribution in [1.82, 2.24) is 15.2 Å². The molecule has 0 fully saturated rings. The van der Waals surface area contributed by atoms with E-state index in [0.717, 1.165) is 11.3 Å². The maximum absolute atomic E-state index is 13.4. The van der Waals surface area contributed by atoms with E-state index in [1.807, 2.05) is 11.8 Å². The Morgan fingerprint density at radius 2 is 2.17 bits per heavy atom. The standard InChI is InChI=1S/C20H21ClF3N3O2/c1-13-11-27(12-14-10-15(21)5-6-17(14)29-13)9-7-18(28)26-19(20(22,23)24)16-4-2-3-8-25-16/h2-6,8,10,13,19H,7,9,11-12H2,1H3,(H,26,28)/t13-,19-/m1/s1. The molecule has 1 aromatic carbocycles. The van der Waals surface area contributed by atoms with Crippen molar-refractivity contribution < 1.29 is 22.7 Å². The number of pyridine rings is 1. The molecule has 0 bridgehead atoms. The number of benzene rings is 1. The minimum absolute atomic E-state index is 0.0813. The van der Waals surface area contributed by atoms with Crippen molar-refractivity contribution in [3.63, 3.8) is 0 Å². The number of nitrogens with zero attached hydrogens (tertiary/aromatic N) is 2. The van der Waals surface area contributed by atoms with Crippen LogP contribution in [0.1, 0.15) is 30.6 Å². The number of aromatic nitrogens is 1. The third-order valence-electron chi connectivity index (χ3n) is 4.53. The van der Waals surface area contributed by atoms with Crippen molar-refractivity contribution in [3.8, 4) is 5.75 Å². The molecule has 2 heterocycles. The highest BCUT2D eigenvalue weighted by Crippen LogP contribution is 2.32. The van der Waals surface area contributed by atoms with Crippen LogP contribution in [0.2, 0.25) is 5.02 Å². The molecule has 1 aliphatic heterocycles. The summed E-state index contributed by atoms with van der Waals surface area (Å²) in [6.07, 6.45) is -3.58. The van der Waals surface area contributed by atoms with Gasteiger partial charge in [-0.25, -0.2) is 0 Å². The summed E-state index contributed by atoms with van der Waals surface area (Å²) in [5, 5.41) is 2.63. The summed E-state index contributed by atoms with van der Waals surface area (Å²) in [6.45, 7) is 3.23. The minimum Gasteiger partial charge on any atom is -0.489 e. The van der Waals surface area contributed by atoms with Crippen LogP contribution >= 0.6 is 11.6 Å². The van der Waals surface area contributed by atoms with Gasteiger partial charge >= 0.3 is 6.18 Å². The van der Waals surface area contributed by atoms with E-state index >= 15 is 0 Å². The lowest BCUT2D eigenvalue weighted by atomic mass is 10.1. The van der Waals surface area contributed by atoms with Crippen molar-refractivity contribution in [3.05, 3.63) is 58.9 Å². The smallest absolute Gasteiger partial charge is 0.414 e. The van der Waals surface area contributed by atoms with E-state index in [1.165, 1.54) is 24.4 Å². The predicted octanol–water partition coefficient (Wildman–Crippen LogP) is 4.13. The third-order valence-corrected chi connectivity index (χ3v) is 4.77. The molecule has 2 aromatic rings. The number of ether oxygens (including phenoxy) is 1. The van der Waals surface area contributed by atoms with Crippen molar-refractivity contribution in [2.24, 2.45) is 0 Å². The highest BCUT2D eigenvalue weighted by molar-refractivity contribution is 6.30. The van der Waals surface area contributed by atoms with Crippen LogP contribution in [0.5, 0.6) is 5.75 Å². The Hall–Kier alpha value is -2.32. The number of rotatable bonds is 5. The van der Waals surface area contributed by atoms with Crippen LogP contribution < -0.4 is 10.1 Å². The Balaban J connectivity index is 1.63. The summed E-state index contributed by atoms with van der Waals surface area (Å²) in [7, 11) is 0. The largest absolute Gasteiger partial charge is 0.489 e. The van der Waals surface area contributed by atoms with Gasteiger partial charge in [0.05, 0.1) is 5.69 Å². The summed E-state index contributed by atoms with van der Waals surface area (Å²) in [6, 6.07) is 7.41. The highest BCUT2D eigenvalue weighted by atomic mass is 35.5. The minimum atomic E-state index is -4.63. The molecular formula is C20H21ClF3N3O2. The average molecular weight is 428 g/mol. The summed E-state index contributed by atoms with van der Waals surface area (Å²) in [5.74, 6) is 0.0308. The zero-order valence-corrected chi connectivity index (χ0v) is 16.5. The number of halogens is 4. The second-order valence-corrected chi connectivity index (χ2v) is 7.40. The van der Waals surface area contributed by atoms with Crippen molar-refractivity contribution in [2.75, 3.05) is 13.1 Å². The molecule has 0 aliphatic carbocycles. The number of alkyl halides is 3. The fourth-order valence-electron chi connectivity index (χ4n) is 3.24. The molecule has 156 valence electrons. The predicted molar refractivity (Wildman–Crippen MR) is 103 cm³/mol. The van der Waals surface area contributed by atoms with Gasteiger partial charge in [0.2, 0.25) is 5.91 Å². The first-order chi connectivity index (χ1) is 13.7. The molecule has 0 saturated heterocycles. The molecule has 0 unspecified atom stereocenters. The Bertz CT molecular complexity index is 849. The van der Waals surface area contributed by atoms with E-state index in [2.05, 4.69) is 10.3 Å². The van der Waals surface area contributed by atoms with Crippen LogP contribution in [0.25, 0.3) is 0 Å². The monoisotopic (exact) mass is 427 g/mol. The molecule has 29 heavy (non-hydrogen) atoms. The van der Waals surface area contributed by atoms with E-state index in [1.54, 1.807) is 18.2 Å². The average Bonchev–Trinajstić information content (AvgIpc) is 2.81. The molecule has 0 radical (unpaired) electrons. The zero-order valence-electron chi connectivity index (χ0n) is 15.7.